The zero-order valence-corrected chi connectivity index (χ0v) is 13.9. The van der Waals surface area contributed by atoms with E-state index in [9.17, 15) is 0 Å². The lowest BCUT2D eigenvalue weighted by Gasteiger charge is -2.30. The summed E-state index contributed by atoms with van der Waals surface area (Å²) in [7, 11) is 0. The Morgan fingerprint density at radius 3 is 2.92 bits per heavy atom. The summed E-state index contributed by atoms with van der Waals surface area (Å²) < 4.78 is 5.51. The van der Waals surface area contributed by atoms with E-state index in [0.717, 1.165) is 32.5 Å². The van der Waals surface area contributed by atoms with Gasteiger partial charge in [0.15, 0.2) is 0 Å². The molecule has 0 aliphatic carbocycles. The van der Waals surface area contributed by atoms with Gasteiger partial charge in [-0.05, 0) is 24.9 Å². The summed E-state index contributed by atoms with van der Waals surface area (Å²) in [5.74, 6) is 1.77. The maximum atomic E-state index is 5.69. The van der Waals surface area contributed by atoms with Gasteiger partial charge in [-0.3, -0.25) is 4.90 Å². The molecule has 128 valence electrons. The molecule has 2 N–H and O–H groups in total. The number of nitrogens with two attached hydrogens (primary N) is 1. The predicted molar refractivity (Wildman–Crippen MR) is 93.4 cm³/mol. The highest BCUT2D eigenvalue weighted by atomic mass is 16.5. The van der Waals surface area contributed by atoms with E-state index in [1.165, 1.54) is 11.9 Å². The van der Waals surface area contributed by atoms with Crippen LogP contribution in [0.4, 0.5) is 5.82 Å². The molecule has 1 atom stereocenters. The maximum absolute atomic E-state index is 5.69. The van der Waals surface area contributed by atoms with Crippen LogP contribution in [0.1, 0.15) is 30.2 Å². The van der Waals surface area contributed by atoms with Crippen LogP contribution in [0.2, 0.25) is 0 Å². The van der Waals surface area contributed by atoms with Crippen LogP contribution in [0.3, 0.4) is 0 Å². The van der Waals surface area contributed by atoms with Gasteiger partial charge in [-0.15, -0.1) is 0 Å². The monoisotopic (exact) mass is 336 g/mol. The summed E-state index contributed by atoms with van der Waals surface area (Å²) in [5.41, 5.74) is 7.60. The van der Waals surface area contributed by atoms with Crippen LogP contribution in [-0.4, -0.2) is 38.1 Å². The van der Waals surface area contributed by atoms with Gasteiger partial charge < -0.3 is 10.3 Å². The number of rotatable bonds is 4. The van der Waals surface area contributed by atoms with E-state index in [-0.39, 0.29) is 5.92 Å². The molecule has 25 heavy (non-hydrogen) atoms. The SMILES string of the molecule is Nc1cc(-c2noc(C3CCCN(Cc4ccccc4)C3)n2)ncn1. The summed E-state index contributed by atoms with van der Waals surface area (Å²) in [5, 5.41) is 4.06. The Morgan fingerprint density at radius 1 is 1.20 bits per heavy atom. The van der Waals surface area contributed by atoms with Crippen LogP contribution in [0, 0.1) is 0 Å². The number of hydrogen-bond acceptors (Lipinski definition) is 7. The standard InChI is InChI=1S/C18H20N6O/c19-16-9-15(20-12-21-16)17-22-18(25-23-17)14-7-4-8-24(11-14)10-13-5-2-1-3-6-13/h1-3,5-6,9,12,14H,4,7-8,10-11H2,(H2,19,20,21). The lowest BCUT2D eigenvalue weighted by atomic mass is 9.97. The first-order chi connectivity index (χ1) is 12.3. The fraction of sp³-hybridized carbons (Fsp3) is 0.333. The predicted octanol–water partition coefficient (Wildman–Crippen LogP) is 2.49. The normalized spacial score (nSPS) is 18.3. The number of piperidine rings is 1. The third kappa shape index (κ3) is 3.66. The molecule has 0 bridgehead atoms. The number of anilines is 1. The number of aromatic nitrogens is 4. The van der Waals surface area contributed by atoms with Gasteiger partial charge in [0.2, 0.25) is 11.7 Å². The van der Waals surface area contributed by atoms with Gasteiger partial charge in [-0.2, -0.15) is 4.98 Å². The molecule has 7 nitrogen and oxygen atoms in total. The van der Waals surface area contributed by atoms with Crippen molar-refractivity contribution in [2.24, 2.45) is 0 Å². The third-order valence-corrected chi connectivity index (χ3v) is 4.46. The summed E-state index contributed by atoms with van der Waals surface area (Å²) in [6.45, 7) is 2.96. The van der Waals surface area contributed by atoms with Gasteiger partial charge in [0.1, 0.15) is 17.8 Å². The second-order valence-electron chi connectivity index (χ2n) is 6.34. The Balaban J connectivity index is 1.46. The van der Waals surface area contributed by atoms with E-state index in [4.69, 9.17) is 10.3 Å². The quantitative estimate of drug-likeness (QED) is 0.782. The Hall–Kier alpha value is -2.80. The molecular weight excluding hydrogens is 316 g/mol. The number of hydrogen-bond donors (Lipinski definition) is 1. The fourth-order valence-corrected chi connectivity index (χ4v) is 3.24. The van der Waals surface area contributed by atoms with Gasteiger partial charge >= 0.3 is 0 Å². The Kier molecular flexibility index (Phi) is 4.39. The third-order valence-electron chi connectivity index (χ3n) is 4.46. The van der Waals surface area contributed by atoms with Crippen molar-refractivity contribution in [2.45, 2.75) is 25.3 Å². The minimum atomic E-state index is 0.248. The zero-order chi connectivity index (χ0) is 17.1. The largest absolute Gasteiger partial charge is 0.384 e. The molecule has 1 aliphatic rings. The Morgan fingerprint density at radius 2 is 2.08 bits per heavy atom. The van der Waals surface area contributed by atoms with Gasteiger partial charge in [0, 0.05) is 19.2 Å². The molecule has 7 heteroatoms. The van der Waals surface area contributed by atoms with E-state index >= 15 is 0 Å². The highest BCUT2D eigenvalue weighted by Gasteiger charge is 2.26. The Bertz CT molecular complexity index is 834. The Labute approximate surface area is 145 Å². The van der Waals surface area contributed by atoms with Crippen LogP contribution in [0.25, 0.3) is 11.5 Å². The van der Waals surface area contributed by atoms with E-state index < -0.39 is 0 Å². The average Bonchev–Trinajstić information content (AvgIpc) is 3.13. The van der Waals surface area contributed by atoms with Crippen LogP contribution < -0.4 is 5.73 Å². The molecule has 0 saturated carbocycles. The van der Waals surface area contributed by atoms with Gasteiger partial charge in [0.25, 0.3) is 0 Å². The smallest absolute Gasteiger partial charge is 0.231 e. The first-order valence-electron chi connectivity index (χ1n) is 8.46. The molecule has 1 aromatic carbocycles. The van der Waals surface area contributed by atoms with Crippen molar-refractivity contribution in [3.63, 3.8) is 0 Å². The molecule has 0 spiro atoms. The van der Waals surface area contributed by atoms with E-state index in [1.807, 2.05) is 6.07 Å². The number of nitrogen functional groups attached to an aromatic ring is 1. The second-order valence-corrected chi connectivity index (χ2v) is 6.34. The molecule has 1 aliphatic heterocycles. The molecule has 1 saturated heterocycles. The van der Waals surface area contributed by atoms with Crippen molar-refractivity contribution < 1.29 is 4.52 Å². The van der Waals surface area contributed by atoms with Crippen LogP contribution in [-0.2, 0) is 6.54 Å². The molecule has 1 unspecified atom stereocenters. The number of likely N-dealkylation sites (tertiary alicyclic amines) is 1. The topological polar surface area (TPSA) is 94.0 Å². The van der Waals surface area contributed by atoms with Crippen LogP contribution in [0.15, 0.2) is 47.2 Å². The van der Waals surface area contributed by atoms with E-state index in [0.29, 0.717) is 23.2 Å². The van der Waals surface area contributed by atoms with Crippen molar-refractivity contribution in [1.29, 1.82) is 0 Å². The van der Waals surface area contributed by atoms with Gasteiger partial charge in [-0.25, -0.2) is 9.97 Å². The highest BCUT2D eigenvalue weighted by Crippen LogP contribution is 2.28. The molecule has 0 amide bonds. The van der Waals surface area contributed by atoms with Crippen molar-refractivity contribution in [1.82, 2.24) is 25.0 Å². The lowest BCUT2D eigenvalue weighted by Crippen LogP contribution is -2.34. The van der Waals surface area contributed by atoms with Crippen molar-refractivity contribution in [3.8, 4) is 11.5 Å². The van der Waals surface area contributed by atoms with Crippen molar-refractivity contribution in [2.75, 3.05) is 18.8 Å². The minimum Gasteiger partial charge on any atom is -0.384 e. The van der Waals surface area contributed by atoms with Crippen molar-refractivity contribution in [3.05, 3.63) is 54.2 Å². The number of nitrogens with zero attached hydrogens (tertiary/aromatic N) is 5. The van der Waals surface area contributed by atoms with E-state index in [2.05, 4.69) is 49.3 Å². The number of benzene rings is 1. The van der Waals surface area contributed by atoms with Crippen molar-refractivity contribution >= 4 is 5.82 Å². The highest BCUT2D eigenvalue weighted by molar-refractivity contribution is 5.52. The molecule has 3 heterocycles. The van der Waals surface area contributed by atoms with Gasteiger partial charge in [-0.1, -0.05) is 35.5 Å². The maximum Gasteiger partial charge on any atom is 0.231 e. The summed E-state index contributed by atoms with van der Waals surface area (Å²) in [6.07, 6.45) is 3.58. The molecule has 0 radical (unpaired) electrons. The minimum absolute atomic E-state index is 0.248. The molecule has 4 rings (SSSR count). The fourth-order valence-electron chi connectivity index (χ4n) is 3.24. The van der Waals surface area contributed by atoms with Crippen LogP contribution >= 0.6 is 0 Å². The summed E-state index contributed by atoms with van der Waals surface area (Å²) in [4.78, 5) is 15.0. The first-order valence-corrected chi connectivity index (χ1v) is 8.46. The zero-order valence-electron chi connectivity index (χ0n) is 13.9. The molecule has 1 fully saturated rings. The first kappa shape index (κ1) is 15.7. The average molecular weight is 336 g/mol. The summed E-state index contributed by atoms with van der Waals surface area (Å²) in [6, 6.07) is 12.2. The lowest BCUT2D eigenvalue weighted by molar-refractivity contribution is 0.180. The molecular formula is C18H20N6O. The van der Waals surface area contributed by atoms with E-state index in [1.54, 1.807) is 6.07 Å². The molecule has 3 aromatic rings. The second kappa shape index (κ2) is 6.98. The van der Waals surface area contributed by atoms with Crippen LogP contribution in [0.5, 0.6) is 0 Å². The van der Waals surface area contributed by atoms with Gasteiger partial charge in [0.05, 0.1) is 5.92 Å². The molecule has 2 aromatic heterocycles. The summed E-state index contributed by atoms with van der Waals surface area (Å²) >= 11 is 0.